The highest BCUT2D eigenvalue weighted by Gasteiger charge is 2.43. The van der Waals surface area contributed by atoms with Crippen LogP contribution in [0.4, 0.5) is 0 Å². The molecule has 0 fully saturated rings. The summed E-state index contributed by atoms with van der Waals surface area (Å²) in [5.74, 6) is 0. The molecule has 0 N–H and O–H groups in total. The van der Waals surface area contributed by atoms with Crippen molar-refractivity contribution in [3.05, 3.63) is 71.8 Å². The van der Waals surface area contributed by atoms with E-state index in [0.717, 1.165) is 6.42 Å². The molecule has 2 rings (SSSR count). The lowest BCUT2D eigenvalue weighted by molar-refractivity contribution is 0.248. The lowest BCUT2D eigenvalue weighted by Crippen LogP contribution is -2.47. The Bertz CT molecular complexity index is 470. The zero-order valence-electron chi connectivity index (χ0n) is 12.4. The second kappa shape index (κ2) is 6.84. The number of benzene rings is 2. The van der Waals surface area contributed by atoms with Crippen LogP contribution >= 0.6 is 0 Å². The van der Waals surface area contributed by atoms with Gasteiger partial charge in [-0.3, -0.25) is 0 Å². The highest BCUT2D eigenvalue weighted by molar-refractivity contribution is 6.50. The van der Waals surface area contributed by atoms with Crippen molar-refractivity contribution < 1.29 is 8.85 Å². The van der Waals surface area contributed by atoms with Crippen molar-refractivity contribution in [2.24, 2.45) is 0 Å². The molecule has 0 amide bonds. The fourth-order valence-corrected chi connectivity index (χ4v) is 5.24. The Morgan fingerprint density at radius 2 is 1.20 bits per heavy atom. The third-order valence-electron chi connectivity index (χ3n) is 3.97. The van der Waals surface area contributed by atoms with E-state index in [-0.39, 0.29) is 5.04 Å². The van der Waals surface area contributed by atoms with Gasteiger partial charge in [-0.15, -0.1) is 0 Å². The van der Waals surface area contributed by atoms with Gasteiger partial charge < -0.3 is 8.85 Å². The van der Waals surface area contributed by atoms with Crippen LogP contribution in [0.15, 0.2) is 60.7 Å². The lowest BCUT2D eigenvalue weighted by atomic mass is 9.88. The van der Waals surface area contributed by atoms with Crippen LogP contribution in [-0.4, -0.2) is 23.5 Å². The van der Waals surface area contributed by atoms with Gasteiger partial charge in [-0.25, -0.2) is 0 Å². The predicted molar refractivity (Wildman–Crippen MR) is 85.1 cm³/mol. The van der Waals surface area contributed by atoms with Gasteiger partial charge in [0.05, 0.1) is 5.04 Å². The Morgan fingerprint density at radius 3 is 1.50 bits per heavy atom. The highest BCUT2D eigenvalue weighted by atomic mass is 28.3. The molecule has 2 aromatic rings. The Hall–Kier alpha value is -1.42. The summed E-state index contributed by atoms with van der Waals surface area (Å²) in [6.45, 7) is 2.21. The minimum absolute atomic E-state index is 0.161. The normalized spacial score (nSPS) is 11.8. The SMILES string of the molecule is CCC(c1ccccc1)(c1ccccc1)[SiH](OC)OC. The van der Waals surface area contributed by atoms with Crippen molar-refractivity contribution in [1.82, 2.24) is 0 Å². The molecule has 2 nitrogen and oxygen atoms in total. The molecule has 0 heterocycles. The van der Waals surface area contributed by atoms with Gasteiger partial charge in [-0.2, -0.15) is 0 Å². The molecule has 0 aliphatic rings. The van der Waals surface area contributed by atoms with Gasteiger partial charge >= 0.3 is 9.28 Å². The quantitative estimate of drug-likeness (QED) is 0.757. The first-order valence-electron chi connectivity index (χ1n) is 6.96. The topological polar surface area (TPSA) is 18.5 Å². The van der Waals surface area contributed by atoms with Gasteiger partial charge in [0, 0.05) is 14.2 Å². The lowest BCUT2D eigenvalue weighted by Gasteiger charge is -2.37. The number of hydrogen-bond donors (Lipinski definition) is 0. The molecular weight excluding hydrogens is 264 g/mol. The molecule has 2 aromatic carbocycles. The van der Waals surface area contributed by atoms with Crippen LogP contribution in [0, 0.1) is 0 Å². The first-order valence-corrected chi connectivity index (χ1v) is 8.48. The molecule has 0 saturated heterocycles. The van der Waals surface area contributed by atoms with E-state index in [1.807, 2.05) is 12.1 Å². The summed E-state index contributed by atoms with van der Waals surface area (Å²) in [5, 5.41) is -0.161. The molecule has 0 aliphatic carbocycles. The number of hydrogen-bond acceptors (Lipinski definition) is 2. The van der Waals surface area contributed by atoms with Crippen LogP contribution in [0.25, 0.3) is 0 Å². The molecule has 0 aromatic heterocycles. The predicted octanol–water partition coefficient (Wildman–Crippen LogP) is 3.44. The Kier molecular flexibility index (Phi) is 5.12. The van der Waals surface area contributed by atoms with Crippen LogP contribution in [0.1, 0.15) is 24.5 Å². The molecule has 0 radical (unpaired) electrons. The summed E-state index contributed by atoms with van der Waals surface area (Å²) >= 11 is 0. The summed E-state index contributed by atoms with van der Waals surface area (Å²) in [6.07, 6.45) is 0.958. The zero-order chi connectivity index (χ0) is 14.4. The first-order chi connectivity index (χ1) is 9.79. The minimum atomic E-state index is -1.90. The summed E-state index contributed by atoms with van der Waals surface area (Å²) < 4.78 is 11.6. The second-order valence-electron chi connectivity index (χ2n) is 4.86. The first kappa shape index (κ1) is 15.0. The van der Waals surface area contributed by atoms with E-state index in [2.05, 4.69) is 55.5 Å². The van der Waals surface area contributed by atoms with E-state index < -0.39 is 9.28 Å². The Balaban J connectivity index is 2.64. The van der Waals surface area contributed by atoms with Crippen LogP contribution in [0.5, 0.6) is 0 Å². The Morgan fingerprint density at radius 1 is 0.800 bits per heavy atom. The van der Waals surface area contributed by atoms with Crippen molar-refractivity contribution >= 4 is 9.28 Å². The molecule has 0 spiro atoms. The fraction of sp³-hybridized carbons (Fsp3) is 0.294. The van der Waals surface area contributed by atoms with E-state index in [1.54, 1.807) is 14.2 Å². The molecule has 20 heavy (non-hydrogen) atoms. The zero-order valence-corrected chi connectivity index (χ0v) is 13.5. The maximum atomic E-state index is 5.78. The van der Waals surface area contributed by atoms with Crippen LogP contribution in [0.3, 0.4) is 0 Å². The van der Waals surface area contributed by atoms with Gasteiger partial charge in [0.15, 0.2) is 0 Å². The van der Waals surface area contributed by atoms with E-state index in [1.165, 1.54) is 11.1 Å². The van der Waals surface area contributed by atoms with E-state index in [9.17, 15) is 0 Å². The summed E-state index contributed by atoms with van der Waals surface area (Å²) in [5.41, 5.74) is 2.54. The van der Waals surface area contributed by atoms with Crippen molar-refractivity contribution in [2.75, 3.05) is 14.2 Å². The average Bonchev–Trinajstić information content (AvgIpc) is 2.54. The van der Waals surface area contributed by atoms with Crippen molar-refractivity contribution in [3.63, 3.8) is 0 Å². The molecule has 106 valence electrons. The Labute approximate surface area is 123 Å². The minimum Gasteiger partial charge on any atom is -0.399 e. The largest absolute Gasteiger partial charge is 0.399 e. The number of rotatable bonds is 6. The molecule has 0 atom stereocenters. The van der Waals surface area contributed by atoms with Crippen molar-refractivity contribution in [2.45, 2.75) is 18.4 Å². The maximum Gasteiger partial charge on any atom is 0.336 e. The summed E-state index contributed by atoms with van der Waals surface area (Å²) in [4.78, 5) is 0. The maximum absolute atomic E-state index is 5.78. The molecule has 3 heteroatoms. The smallest absolute Gasteiger partial charge is 0.336 e. The van der Waals surface area contributed by atoms with Gasteiger partial charge in [0.2, 0.25) is 0 Å². The van der Waals surface area contributed by atoms with Crippen LogP contribution in [-0.2, 0) is 13.9 Å². The molecule has 0 saturated carbocycles. The molecule has 0 unspecified atom stereocenters. The van der Waals surface area contributed by atoms with Crippen LogP contribution in [0.2, 0.25) is 0 Å². The van der Waals surface area contributed by atoms with Gasteiger partial charge in [-0.1, -0.05) is 67.6 Å². The van der Waals surface area contributed by atoms with E-state index >= 15 is 0 Å². The van der Waals surface area contributed by atoms with E-state index in [0.29, 0.717) is 0 Å². The standard InChI is InChI=1S/C17H22O2Si/c1-4-17(20(18-2)19-3,15-11-7-5-8-12-15)16-13-9-6-10-14-16/h5-14,20H,4H2,1-3H3. The second-order valence-corrected chi connectivity index (χ2v) is 7.45. The third kappa shape index (κ3) is 2.57. The van der Waals surface area contributed by atoms with Crippen molar-refractivity contribution in [3.8, 4) is 0 Å². The summed E-state index contributed by atoms with van der Waals surface area (Å²) in [7, 11) is 1.63. The molecule has 0 bridgehead atoms. The summed E-state index contributed by atoms with van der Waals surface area (Å²) in [6, 6.07) is 21.1. The average molecular weight is 286 g/mol. The third-order valence-corrected chi connectivity index (χ3v) is 6.70. The van der Waals surface area contributed by atoms with Crippen LogP contribution < -0.4 is 0 Å². The molecular formula is C17H22O2Si. The van der Waals surface area contributed by atoms with Gasteiger partial charge in [0.1, 0.15) is 0 Å². The van der Waals surface area contributed by atoms with Gasteiger partial charge in [0.25, 0.3) is 0 Å². The van der Waals surface area contributed by atoms with Crippen molar-refractivity contribution in [1.29, 1.82) is 0 Å². The fourth-order valence-electron chi connectivity index (χ4n) is 2.98. The van der Waals surface area contributed by atoms with E-state index in [4.69, 9.17) is 8.85 Å². The monoisotopic (exact) mass is 286 g/mol. The highest BCUT2D eigenvalue weighted by Crippen LogP contribution is 2.38. The van der Waals surface area contributed by atoms with Gasteiger partial charge in [-0.05, 0) is 17.5 Å². The molecule has 0 aliphatic heterocycles.